The van der Waals surface area contributed by atoms with Crippen molar-refractivity contribution in [3.05, 3.63) is 15.9 Å². The fraction of sp³-hybridized carbons (Fsp3) is 0.812. The van der Waals surface area contributed by atoms with Crippen molar-refractivity contribution in [2.45, 2.75) is 59.9 Å². The molecule has 0 radical (unpaired) electrons. The molecule has 114 valence electrons. The van der Waals surface area contributed by atoms with Crippen LogP contribution in [-0.2, 0) is 13.0 Å². The minimum absolute atomic E-state index is 0.453. The molecule has 1 fully saturated rings. The van der Waals surface area contributed by atoms with Gasteiger partial charge in [-0.2, -0.15) is 5.10 Å². The number of halogens is 1. The Bertz CT molecular complexity index is 465. The van der Waals surface area contributed by atoms with Crippen LogP contribution < -0.4 is 5.73 Å². The number of hydrogen-bond acceptors (Lipinski definition) is 2. The van der Waals surface area contributed by atoms with Gasteiger partial charge in [0.2, 0.25) is 0 Å². The van der Waals surface area contributed by atoms with Gasteiger partial charge in [-0.15, -0.1) is 0 Å². The third kappa shape index (κ3) is 3.28. The average molecular weight is 342 g/mol. The van der Waals surface area contributed by atoms with E-state index in [1.165, 1.54) is 29.4 Å². The summed E-state index contributed by atoms with van der Waals surface area (Å²) in [5, 5.41) is 4.62. The molecule has 2 N–H and O–H groups in total. The van der Waals surface area contributed by atoms with Gasteiger partial charge in [0.25, 0.3) is 0 Å². The Labute approximate surface area is 131 Å². The van der Waals surface area contributed by atoms with Crippen LogP contribution in [0.5, 0.6) is 0 Å². The van der Waals surface area contributed by atoms with E-state index in [1.807, 2.05) is 0 Å². The van der Waals surface area contributed by atoms with Crippen LogP contribution in [0.1, 0.15) is 51.4 Å². The predicted molar refractivity (Wildman–Crippen MR) is 87.7 cm³/mol. The second-order valence-electron chi connectivity index (χ2n) is 7.03. The van der Waals surface area contributed by atoms with Crippen molar-refractivity contribution in [3.8, 4) is 0 Å². The quantitative estimate of drug-likeness (QED) is 0.901. The van der Waals surface area contributed by atoms with E-state index in [0.29, 0.717) is 17.3 Å². The first-order chi connectivity index (χ1) is 9.38. The van der Waals surface area contributed by atoms with E-state index in [4.69, 9.17) is 5.73 Å². The maximum Gasteiger partial charge on any atom is 0.0738 e. The Kier molecular flexibility index (Phi) is 4.96. The van der Waals surface area contributed by atoms with Crippen molar-refractivity contribution in [2.75, 3.05) is 6.54 Å². The van der Waals surface area contributed by atoms with Crippen LogP contribution in [0.15, 0.2) is 4.47 Å². The van der Waals surface area contributed by atoms with E-state index in [0.717, 1.165) is 25.2 Å². The summed E-state index contributed by atoms with van der Waals surface area (Å²) >= 11 is 3.72. The van der Waals surface area contributed by atoms with Crippen molar-refractivity contribution in [1.82, 2.24) is 9.78 Å². The monoisotopic (exact) mass is 341 g/mol. The van der Waals surface area contributed by atoms with Crippen molar-refractivity contribution in [3.63, 3.8) is 0 Å². The van der Waals surface area contributed by atoms with Crippen LogP contribution in [-0.4, -0.2) is 16.3 Å². The number of hydrogen-bond donors (Lipinski definition) is 1. The minimum Gasteiger partial charge on any atom is -0.330 e. The summed E-state index contributed by atoms with van der Waals surface area (Å²) in [6.07, 6.45) is 4.94. The van der Waals surface area contributed by atoms with Crippen LogP contribution >= 0.6 is 15.9 Å². The van der Waals surface area contributed by atoms with E-state index in [-0.39, 0.29) is 0 Å². The molecule has 1 saturated carbocycles. The van der Waals surface area contributed by atoms with Gasteiger partial charge in [-0.3, -0.25) is 4.68 Å². The molecule has 0 bridgehead atoms. The Morgan fingerprint density at radius 2 is 2.10 bits per heavy atom. The third-order valence-electron chi connectivity index (χ3n) is 4.88. The van der Waals surface area contributed by atoms with Crippen LogP contribution in [0, 0.1) is 24.2 Å². The van der Waals surface area contributed by atoms with Crippen molar-refractivity contribution < 1.29 is 0 Å². The molecule has 3 nitrogen and oxygen atoms in total. The van der Waals surface area contributed by atoms with E-state index >= 15 is 0 Å². The fourth-order valence-electron chi connectivity index (χ4n) is 3.65. The van der Waals surface area contributed by atoms with Crippen molar-refractivity contribution in [2.24, 2.45) is 23.0 Å². The summed E-state index contributed by atoms with van der Waals surface area (Å²) < 4.78 is 3.34. The summed E-state index contributed by atoms with van der Waals surface area (Å²) in [4.78, 5) is 0. The van der Waals surface area contributed by atoms with Gasteiger partial charge in [0.1, 0.15) is 0 Å². The molecule has 0 saturated heterocycles. The molecule has 1 aromatic rings. The molecule has 0 amide bonds. The van der Waals surface area contributed by atoms with Gasteiger partial charge in [0, 0.05) is 6.54 Å². The van der Waals surface area contributed by atoms with Crippen molar-refractivity contribution >= 4 is 15.9 Å². The number of nitrogens with zero attached hydrogens (tertiary/aromatic N) is 2. The second kappa shape index (κ2) is 6.18. The number of rotatable bonds is 4. The van der Waals surface area contributed by atoms with Crippen LogP contribution in [0.25, 0.3) is 0 Å². The zero-order valence-electron chi connectivity index (χ0n) is 13.2. The highest BCUT2D eigenvalue weighted by molar-refractivity contribution is 9.10. The lowest BCUT2D eigenvalue weighted by Gasteiger charge is -2.40. The molecule has 1 heterocycles. The minimum atomic E-state index is 0.453. The molecule has 2 atom stereocenters. The van der Waals surface area contributed by atoms with E-state index in [9.17, 15) is 0 Å². The molecule has 1 aliphatic rings. The standard InChI is InChI=1S/C16H28BrN3/c1-5-20-14(15(17)11(2)19-20)8-13-9-16(3,4)7-6-12(13)10-18/h12-13H,5-10,18H2,1-4H3. The largest absolute Gasteiger partial charge is 0.330 e. The zero-order chi connectivity index (χ0) is 14.9. The van der Waals surface area contributed by atoms with Crippen LogP contribution in [0.2, 0.25) is 0 Å². The summed E-state index contributed by atoms with van der Waals surface area (Å²) in [6, 6.07) is 0. The lowest BCUT2D eigenvalue weighted by Crippen LogP contribution is -2.35. The van der Waals surface area contributed by atoms with Crippen LogP contribution in [0.4, 0.5) is 0 Å². The Morgan fingerprint density at radius 3 is 2.70 bits per heavy atom. The highest BCUT2D eigenvalue weighted by Crippen LogP contribution is 2.43. The van der Waals surface area contributed by atoms with Gasteiger partial charge in [-0.1, -0.05) is 13.8 Å². The molecule has 20 heavy (non-hydrogen) atoms. The zero-order valence-corrected chi connectivity index (χ0v) is 14.8. The molecular weight excluding hydrogens is 314 g/mol. The highest BCUT2D eigenvalue weighted by Gasteiger charge is 2.35. The third-order valence-corrected chi connectivity index (χ3v) is 5.92. The fourth-order valence-corrected chi connectivity index (χ4v) is 4.10. The summed E-state index contributed by atoms with van der Waals surface area (Å²) in [5.41, 5.74) is 8.92. The van der Waals surface area contributed by atoms with E-state index in [1.54, 1.807) is 0 Å². The average Bonchev–Trinajstić information content (AvgIpc) is 2.66. The van der Waals surface area contributed by atoms with Crippen LogP contribution in [0.3, 0.4) is 0 Å². The van der Waals surface area contributed by atoms with E-state index in [2.05, 4.69) is 53.4 Å². The predicted octanol–water partition coefficient (Wildman–Crippen LogP) is 3.92. The maximum atomic E-state index is 6.02. The molecular formula is C16H28BrN3. The number of aryl methyl sites for hydroxylation is 2. The highest BCUT2D eigenvalue weighted by atomic mass is 79.9. The molecule has 4 heteroatoms. The lowest BCUT2D eigenvalue weighted by molar-refractivity contribution is 0.120. The summed E-state index contributed by atoms with van der Waals surface area (Å²) in [6.45, 7) is 10.8. The number of nitrogens with two attached hydrogens (primary N) is 1. The summed E-state index contributed by atoms with van der Waals surface area (Å²) in [7, 11) is 0. The van der Waals surface area contributed by atoms with Gasteiger partial charge in [0.15, 0.2) is 0 Å². The maximum absolute atomic E-state index is 6.02. The van der Waals surface area contributed by atoms with Gasteiger partial charge in [-0.25, -0.2) is 0 Å². The molecule has 1 aromatic heterocycles. The summed E-state index contributed by atoms with van der Waals surface area (Å²) in [5.74, 6) is 1.34. The number of aromatic nitrogens is 2. The second-order valence-corrected chi connectivity index (χ2v) is 7.82. The first kappa shape index (κ1) is 16.0. The molecule has 0 spiro atoms. The van der Waals surface area contributed by atoms with Gasteiger partial charge < -0.3 is 5.73 Å². The molecule has 0 aliphatic heterocycles. The lowest BCUT2D eigenvalue weighted by atomic mass is 9.66. The van der Waals surface area contributed by atoms with Gasteiger partial charge in [-0.05, 0) is 79.3 Å². The van der Waals surface area contributed by atoms with E-state index < -0.39 is 0 Å². The Hall–Kier alpha value is -0.350. The SMILES string of the molecule is CCn1nc(C)c(Br)c1CC1CC(C)(C)CCC1CN. The van der Waals surface area contributed by atoms with Gasteiger partial charge in [0.05, 0.1) is 15.9 Å². The molecule has 2 rings (SSSR count). The topological polar surface area (TPSA) is 43.8 Å². The molecule has 2 unspecified atom stereocenters. The first-order valence-electron chi connectivity index (χ1n) is 7.79. The Morgan fingerprint density at radius 1 is 1.40 bits per heavy atom. The normalized spacial score (nSPS) is 25.9. The Balaban J connectivity index is 2.22. The smallest absolute Gasteiger partial charge is 0.0738 e. The first-order valence-corrected chi connectivity index (χ1v) is 8.59. The molecule has 0 aromatic carbocycles. The van der Waals surface area contributed by atoms with Gasteiger partial charge >= 0.3 is 0 Å². The molecule has 1 aliphatic carbocycles. The van der Waals surface area contributed by atoms with Crippen molar-refractivity contribution in [1.29, 1.82) is 0 Å².